The molecule has 3 aromatic heterocycles. The zero-order valence-electron chi connectivity index (χ0n) is 35.6. The Morgan fingerprint density at radius 1 is 0.357 bits per heavy atom. The highest BCUT2D eigenvalue weighted by Crippen LogP contribution is 2.40. The summed E-state index contributed by atoms with van der Waals surface area (Å²) >= 11 is 0. The average Bonchev–Trinajstić information content (AvgIpc) is 3.90. The number of benzene rings is 8. The molecule has 11 aromatic rings. The Morgan fingerprint density at radius 2 is 0.929 bits per heavy atom. The maximum absolute atomic E-state index is 9.66. The molecule has 0 aliphatic rings. The lowest BCUT2D eigenvalue weighted by Gasteiger charge is -2.11. The number of hydrogen-bond donors (Lipinski definition) is 0. The highest BCUT2D eigenvalue weighted by atomic mass is 16.3. The van der Waals surface area contributed by atoms with Gasteiger partial charge in [0.1, 0.15) is 22.3 Å². The van der Waals surface area contributed by atoms with Crippen molar-refractivity contribution in [3.8, 4) is 67.5 Å². The van der Waals surface area contributed by atoms with Crippen LogP contribution >= 0.6 is 0 Å². The SMILES string of the molecule is [2H]c1c([2H])c(-c2ccc3oc4ccccc4c3c2)c2c(oc3c([2H])c(-c4nc(-c5cccc(-c6ccccc6)c5)nc(-c5cccc(-c6ccccc6)c5)n4)c([2H])c([2H])c32)c1[2H]. The van der Waals surface area contributed by atoms with Crippen molar-refractivity contribution in [2.75, 3.05) is 0 Å². The minimum atomic E-state index is -0.365. The maximum Gasteiger partial charge on any atom is 0.164 e. The first-order valence-corrected chi connectivity index (χ1v) is 18.2. The maximum atomic E-state index is 9.66. The number of para-hydroxylation sites is 1. The molecular weight excluding hydrogens is 687 g/mol. The predicted octanol–water partition coefficient (Wildman–Crippen LogP) is 13.7. The van der Waals surface area contributed by atoms with Gasteiger partial charge in [0, 0.05) is 38.2 Å². The molecule has 0 fully saturated rings. The van der Waals surface area contributed by atoms with E-state index in [4.69, 9.17) is 27.9 Å². The van der Waals surface area contributed by atoms with Crippen molar-refractivity contribution in [3.63, 3.8) is 0 Å². The topological polar surface area (TPSA) is 65.0 Å². The summed E-state index contributed by atoms with van der Waals surface area (Å²) in [6.07, 6.45) is 0. The van der Waals surface area contributed by atoms with Crippen LogP contribution in [0, 0.1) is 0 Å². The van der Waals surface area contributed by atoms with Gasteiger partial charge in [0.2, 0.25) is 0 Å². The summed E-state index contributed by atoms with van der Waals surface area (Å²) in [6, 6.07) is 46.7. The molecule has 8 aromatic carbocycles. The van der Waals surface area contributed by atoms with E-state index < -0.39 is 0 Å². The number of furan rings is 2. The zero-order valence-corrected chi connectivity index (χ0v) is 29.6. The Labute approximate surface area is 330 Å². The Balaban J connectivity index is 1.15. The first-order valence-electron chi connectivity index (χ1n) is 21.2. The van der Waals surface area contributed by atoms with Gasteiger partial charge in [-0.3, -0.25) is 0 Å². The minimum absolute atomic E-state index is 0.00273. The normalized spacial score (nSPS) is 13.1. The van der Waals surface area contributed by atoms with E-state index in [9.17, 15) is 4.11 Å². The molecule has 5 heteroatoms. The number of rotatable bonds is 6. The van der Waals surface area contributed by atoms with E-state index in [0.717, 1.165) is 33.0 Å². The molecule has 0 N–H and O–H groups in total. The van der Waals surface area contributed by atoms with E-state index in [1.165, 1.54) is 0 Å². The van der Waals surface area contributed by atoms with Crippen molar-refractivity contribution in [1.29, 1.82) is 0 Å². The largest absolute Gasteiger partial charge is 0.456 e. The molecule has 0 amide bonds. The van der Waals surface area contributed by atoms with Crippen LogP contribution in [-0.4, -0.2) is 15.0 Å². The van der Waals surface area contributed by atoms with Gasteiger partial charge in [-0.15, -0.1) is 0 Å². The molecule has 56 heavy (non-hydrogen) atoms. The zero-order chi connectivity index (χ0) is 42.2. The summed E-state index contributed by atoms with van der Waals surface area (Å²) in [5, 5.41) is 1.97. The van der Waals surface area contributed by atoms with Crippen molar-refractivity contribution in [3.05, 3.63) is 188 Å². The number of aromatic nitrogens is 3. The fourth-order valence-electron chi connectivity index (χ4n) is 7.34. The third-order valence-electron chi connectivity index (χ3n) is 10.1. The smallest absolute Gasteiger partial charge is 0.164 e. The lowest BCUT2D eigenvalue weighted by atomic mass is 9.97. The van der Waals surface area contributed by atoms with E-state index in [1.54, 1.807) is 12.1 Å². The van der Waals surface area contributed by atoms with Crippen LogP contribution in [0.25, 0.3) is 111 Å². The van der Waals surface area contributed by atoms with Gasteiger partial charge in [0.05, 0.1) is 8.22 Å². The van der Waals surface area contributed by atoms with Gasteiger partial charge in [0.25, 0.3) is 0 Å². The third-order valence-corrected chi connectivity index (χ3v) is 10.1. The molecule has 262 valence electrons. The van der Waals surface area contributed by atoms with Crippen LogP contribution in [0.3, 0.4) is 0 Å². The molecule has 3 heterocycles. The van der Waals surface area contributed by atoms with Crippen molar-refractivity contribution < 1.29 is 17.1 Å². The first kappa shape index (κ1) is 26.2. The lowest BCUT2D eigenvalue weighted by molar-refractivity contribution is 0.669. The van der Waals surface area contributed by atoms with Crippen molar-refractivity contribution in [2.24, 2.45) is 0 Å². The van der Waals surface area contributed by atoms with E-state index in [1.807, 2.05) is 140 Å². The Morgan fingerprint density at radius 3 is 1.62 bits per heavy atom. The molecule has 0 unspecified atom stereocenters. The van der Waals surface area contributed by atoms with Crippen molar-refractivity contribution in [1.82, 2.24) is 15.0 Å². The summed E-state index contributed by atoms with van der Waals surface area (Å²) in [7, 11) is 0. The fraction of sp³-hybridized carbons (Fsp3) is 0. The quantitative estimate of drug-likeness (QED) is 0.171. The molecule has 0 aliphatic heterocycles. The predicted molar refractivity (Wildman–Crippen MR) is 227 cm³/mol. The fourth-order valence-corrected chi connectivity index (χ4v) is 7.34. The Hall–Kier alpha value is -7.63. The van der Waals surface area contributed by atoms with E-state index in [-0.39, 0.29) is 75.1 Å². The van der Waals surface area contributed by atoms with Gasteiger partial charge < -0.3 is 8.83 Å². The third kappa shape index (κ3) is 5.53. The second kappa shape index (κ2) is 13.0. The summed E-state index contributed by atoms with van der Waals surface area (Å²) in [6.45, 7) is 0. The molecule has 0 saturated heterocycles. The van der Waals surface area contributed by atoms with Crippen LogP contribution in [0.2, 0.25) is 0 Å². The molecule has 0 saturated carbocycles. The molecule has 0 spiro atoms. The second-order valence-electron chi connectivity index (χ2n) is 13.5. The van der Waals surface area contributed by atoms with Crippen LogP contribution in [0.4, 0.5) is 0 Å². The Kier molecular flexibility index (Phi) is 6.10. The monoisotopic (exact) mass is 723 g/mol. The lowest BCUT2D eigenvalue weighted by Crippen LogP contribution is -2.00. The molecule has 0 aliphatic carbocycles. The summed E-state index contributed by atoms with van der Waals surface area (Å²) < 4.78 is 68.0. The van der Waals surface area contributed by atoms with Gasteiger partial charge in [0.15, 0.2) is 17.5 Å². The highest BCUT2D eigenvalue weighted by molar-refractivity contribution is 6.14. The van der Waals surface area contributed by atoms with Gasteiger partial charge >= 0.3 is 0 Å². The van der Waals surface area contributed by atoms with Gasteiger partial charge in [-0.05, 0) is 81.8 Å². The van der Waals surface area contributed by atoms with Crippen LogP contribution in [0.1, 0.15) is 8.22 Å². The van der Waals surface area contributed by atoms with Crippen molar-refractivity contribution >= 4 is 43.9 Å². The van der Waals surface area contributed by atoms with Gasteiger partial charge in [-0.25, -0.2) is 15.0 Å². The second-order valence-corrected chi connectivity index (χ2v) is 13.5. The van der Waals surface area contributed by atoms with Gasteiger partial charge in [-0.2, -0.15) is 0 Å². The van der Waals surface area contributed by atoms with Crippen molar-refractivity contribution in [2.45, 2.75) is 0 Å². The van der Waals surface area contributed by atoms with Crippen LogP contribution in [0.5, 0.6) is 0 Å². The number of fused-ring (bicyclic) bond motifs is 6. The molecule has 0 atom stereocenters. The van der Waals surface area contributed by atoms with Gasteiger partial charge in [-0.1, -0.05) is 139 Å². The molecule has 5 nitrogen and oxygen atoms in total. The number of nitrogens with zero attached hydrogens (tertiary/aromatic N) is 3. The molecular formula is C51H31N3O2. The molecule has 11 rings (SSSR count). The first-order chi connectivity index (χ1) is 30.2. The summed E-state index contributed by atoms with van der Waals surface area (Å²) in [4.78, 5) is 14.8. The Bertz CT molecular complexity index is 3510. The number of hydrogen-bond acceptors (Lipinski definition) is 5. The summed E-state index contributed by atoms with van der Waals surface area (Å²) in [5.41, 5.74) is 7.22. The van der Waals surface area contributed by atoms with E-state index in [0.29, 0.717) is 39.5 Å². The molecule has 0 bridgehead atoms. The van der Waals surface area contributed by atoms with Crippen LogP contribution < -0.4 is 0 Å². The summed E-state index contributed by atoms with van der Waals surface area (Å²) in [5.74, 6) is 0.606. The molecule has 0 radical (unpaired) electrons. The minimum Gasteiger partial charge on any atom is -0.456 e. The van der Waals surface area contributed by atoms with E-state index in [2.05, 4.69) is 0 Å². The highest BCUT2D eigenvalue weighted by Gasteiger charge is 2.18. The average molecular weight is 724 g/mol. The van der Waals surface area contributed by atoms with Crippen LogP contribution in [-0.2, 0) is 0 Å². The van der Waals surface area contributed by atoms with E-state index >= 15 is 0 Å². The standard InChI is InChI=1S/C51H31N3O2/c1-3-12-32(13-4-1)34-16-9-18-37(28-34)49-52-50(38-19-10-17-35(29-38)33-14-5-2-6-15-33)54-51(53-49)39-24-26-42-47(31-39)56-46-23-11-21-40(48(42)46)36-25-27-45-43(30-36)41-20-7-8-22-44(41)55-45/h1-31H/i11D,21D,23D,24D,26D,31D. The van der Waals surface area contributed by atoms with Crippen LogP contribution in [0.15, 0.2) is 197 Å².